The summed E-state index contributed by atoms with van der Waals surface area (Å²) in [4.78, 5) is 0. The van der Waals surface area contributed by atoms with Gasteiger partial charge in [-0.05, 0) is 49.6 Å². The number of rotatable bonds is 2. The van der Waals surface area contributed by atoms with Crippen LogP contribution >= 0.6 is 7.92 Å². The topological polar surface area (TPSA) is 0 Å². The first-order valence-corrected chi connectivity index (χ1v) is 7.99. The summed E-state index contributed by atoms with van der Waals surface area (Å²) in [5.74, 6) is 2.92. The van der Waals surface area contributed by atoms with Crippen molar-refractivity contribution in [2.75, 3.05) is 13.3 Å². The average Bonchev–Trinajstić information content (AvgIpc) is 2.03. The van der Waals surface area contributed by atoms with Crippen LogP contribution in [0, 0.1) is 17.8 Å². The molecule has 0 radical (unpaired) electrons. The average molecular weight is 200 g/mol. The molecular formula is C12H25P. The second-order valence-corrected chi connectivity index (χ2v) is 7.95. The highest BCUT2D eigenvalue weighted by Gasteiger charge is 2.32. The SMILES string of the molecule is CC1CCC(C(C)C)C(P(C)C)C1. The molecule has 0 spiro atoms. The Hall–Kier alpha value is 0.430. The third-order valence-corrected chi connectivity index (χ3v) is 5.57. The van der Waals surface area contributed by atoms with Crippen molar-refractivity contribution in [1.82, 2.24) is 0 Å². The van der Waals surface area contributed by atoms with Crippen LogP contribution in [0.15, 0.2) is 0 Å². The molecule has 0 aromatic rings. The van der Waals surface area contributed by atoms with Gasteiger partial charge in [0, 0.05) is 0 Å². The molecule has 0 aliphatic heterocycles. The van der Waals surface area contributed by atoms with Gasteiger partial charge in [-0.2, -0.15) is 0 Å². The Morgan fingerprint density at radius 3 is 2.23 bits per heavy atom. The Morgan fingerprint density at radius 1 is 1.15 bits per heavy atom. The Labute approximate surface area is 85.2 Å². The molecule has 0 bridgehead atoms. The van der Waals surface area contributed by atoms with Gasteiger partial charge in [0.15, 0.2) is 0 Å². The normalized spacial score (nSPS) is 35.8. The summed E-state index contributed by atoms with van der Waals surface area (Å²) in [6, 6.07) is 0. The summed E-state index contributed by atoms with van der Waals surface area (Å²) in [6.07, 6.45) is 4.47. The van der Waals surface area contributed by atoms with Crippen LogP contribution in [-0.2, 0) is 0 Å². The van der Waals surface area contributed by atoms with E-state index in [4.69, 9.17) is 0 Å². The standard InChI is InChI=1S/C12H25P/c1-9(2)11-7-6-10(3)8-12(11)13(4)5/h9-12H,6-8H2,1-5H3. The van der Waals surface area contributed by atoms with Gasteiger partial charge in [-0.3, -0.25) is 0 Å². The molecule has 1 rings (SSSR count). The lowest BCUT2D eigenvalue weighted by atomic mass is 9.77. The van der Waals surface area contributed by atoms with Gasteiger partial charge in [-0.25, -0.2) is 0 Å². The summed E-state index contributed by atoms with van der Waals surface area (Å²) < 4.78 is 0. The molecule has 78 valence electrons. The molecule has 0 aromatic carbocycles. The van der Waals surface area contributed by atoms with Gasteiger partial charge >= 0.3 is 0 Å². The lowest BCUT2D eigenvalue weighted by Crippen LogP contribution is -2.30. The number of hydrogen-bond donors (Lipinski definition) is 0. The molecule has 13 heavy (non-hydrogen) atoms. The molecule has 3 unspecified atom stereocenters. The van der Waals surface area contributed by atoms with Gasteiger partial charge in [0.1, 0.15) is 0 Å². The highest BCUT2D eigenvalue weighted by molar-refractivity contribution is 7.56. The molecule has 0 aromatic heterocycles. The monoisotopic (exact) mass is 200 g/mol. The van der Waals surface area contributed by atoms with E-state index in [2.05, 4.69) is 34.1 Å². The lowest BCUT2D eigenvalue weighted by Gasteiger charge is -2.39. The van der Waals surface area contributed by atoms with Crippen molar-refractivity contribution >= 4 is 7.92 Å². The molecule has 1 saturated carbocycles. The summed E-state index contributed by atoms with van der Waals surface area (Å²) in [7, 11) is 0.283. The summed E-state index contributed by atoms with van der Waals surface area (Å²) in [5.41, 5.74) is 1.05. The van der Waals surface area contributed by atoms with Crippen LogP contribution in [0.3, 0.4) is 0 Å². The molecular weight excluding hydrogens is 175 g/mol. The Bertz CT molecular complexity index is 151. The minimum Gasteiger partial charge on any atom is -0.110 e. The van der Waals surface area contributed by atoms with Crippen molar-refractivity contribution in [2.24, 2.45) is 17.8 Å². The van der Waals surface area contributed by atoms with Crippen molar-refractivity contribution in [3.05, 3.63) is 0 Å². The van der Waals surface area contributed by atoms with Gasteiger partial charge in [0.2, 0.25) is 0 Å². The maximum atomic E-state index is 2.47. The van der Waals surface area contributed by atoms with E-state index in [1.165, 1.54) is 19.3 Å². The molecule has 0 saturated heterocycles. The van der Waals surface area contributed by atoms with Crippen LogP contribution in [0.2, 0.25) is 0 Å². The van der Waals surface area contributed by atoms with Crippen molar-refractivity contribution < 1.29 is 0 Å². The summed E-state index contributed by atoms with van der Waals surface area (Å²) >= 11 is 0. The second kappa shape index (κ2) is 4.78. The van der Waals surface area contributed by atoms with E-state index in [1.807, 2.05) is 0 Å². The minimum absolute atomic E-state index is 0.283. The highest BCUT2D eigenvalue weighted by atomic mass is 31.1. The van der Waals surface area contributed by atoms with Gasteiger partial charge in [-0.15, -0.1) is 7.92 Å². The first-order chi connectivity index (χ1) is 6.02. The molecule has 0 heterocycles. The largest absolute Gasteiger partial charge is 0.110 e. The van der Waals surface area contributed by atoms with Crippen LogP contribution in [0.25, 0.3) is 0 Å². The predicted octanol–water partition coefficient (Wildman–Crippen LogP) is 4.19. The molecule has 1 aliphatic rings. The third-order valence-electron chi connectivity index (χ3n) is 3.65. The van der Waals surface area contributed by atoms with Crippen LogP contribution in [0.5, 0.6) is 0 Å². The fourth-order valence-corrected chi connectivity index (χ4v) is 4.79. The maximum Gasteiger partial charge on any atom is -0.0181 e. The van der Waals surface area contributed by atoms with Gasteiger partial charge in [-0.1, -0.05) is 27.2 Å². The van der Waals surface area contributed by atoms with Crippen molar-refractivity contribution in [1.29, 1.82) is 0 Å². The zero-order valence-corrected chi connectivity index (χ0v) is 10.8. The molecule has 1 fully saturated rings. The zero-order valence-electron chi connectivity index (χ0n) is 9.88. The van der Waals surface area contributed by atoms with Gasteiger partial charge in [0.25, 0.3) is 0 Å². The smallest absolute Gasteiger partial charge is 0.0181 e. The molecule has 3 atom stereocenters. The molecule has 0 nitrogen and oxygen atoms in total. The lowest BCUT2D eigenvalue weighted by molar-refractivity contribution is 0.241. The van der Waals surface area contributed by atoms with Gasteiger partial charge in [0.05, 0.1) is 0 Å². The summed E-state index contributed by atoms with van der Waals surface area (Å²) in [6.45, 7) is 12.2. The highest BCUT2D eigenvalue weighted by Crippen LogP contribution is 2.48. The number of hydrogen-bond acceptors (Lipinski definition) is 0. The predicted molar refractivity (Wildman–Crippen MR) is 63.9 cm³/mol. The molecule has 1 aliphatic carbocycles. The van der Waals surface area contributed by atoms with E-state index in [9.17, 15) is 0 Å². The third kappa shape index (κ3) is 2.94. The minimum atomic E-state index is 0.283. The Balaban J connectivity index is 2.60. The van der Waals surface area contributed by atoms with E-state index in [1.54, 1.807) is 0 Å². The van der Waals surface area contributed by atoms with Crippen LogP contribution < -0.4 is 0 Å². The second-order valence-electron chi connectivity index (χ2n) is 5.36. The van der Waals surface area contributed by atoms with Crippen molar-refractivity contribution in [3.63, 3.8) is 0 Å². The van der Waals surface area contributed by atoms with Gasteiger partial charge < -0.3 is 0 Å². The fraction of sp³-hybridized carbons (Fsp3) is 1.00. The van der Waals surface area contributed by atoms with E-state index in [0.717, 1.165) is 23.4 Å². The Morgan fingerprint density at radius 2 is 1.77 bits per heavy atom. The zero-order chi connectivity index (χ0) is 10.0. The van der Waals surface area contributed by atoms with Crippen LogP contribution in [-0.4, -0.2) is 19.0 Å². The fourth-order valence-electron chi connectivity index (χ4n) is 2.75. The van der Waals surface area contributed by atoms with Crippen LogP contribution in [0.4, 0.5) is 0 Å². The summed E-state index contributed by atoms with van der Waals surface area (Å²) in [5, 5.41) is 0. The van der Waals surface area contributed by atoms with Crippen LogP contribution in [0.1, 0.15) is 40.0 Å². The van der Waals surface area contributed by atoms with E-state index < -0.39 is 0 Å². The first kappa shape index (κ1) is 11.5. The first-order valence-electron chi connectivity index (χ1n) is 5.68. The van der Waals surface area contributed by atoms with Crippen molar-refractivity contribution in [2.45, 2.75) is 45.7 Å². The van der Waals surface area contributed by atoms with E-state index >= 15 is 0 Å². The quantitative estimate of drug-likeness (QED) is 0.586. The van der Waals surface area contributed by atoms with Crippen molar-refractivity contribution in [3.8, 4) is 0 Å². The molecule has 0 amide bonds. The molecule has 0 N–H and O–H groups in total. The Kier molecular flexibility index (Phi) is 4.23. The maximum absolute atomic E-state index is 2.47. The van der Waals surface area contributed by atoms with E-state index in [-0.39, 0.29) is 7.92 Å². The van der Waals surface area contributed by atoms with E-state index in [0.29, 0.717) is 0 Å². The molecule has 1 heteroatoms.